The van der Waals surface area contributed by atoms with Crippen molar-refractivity contribution >= 4 is 11.8 Å². The number of rotatable bonds is 3. The Hall–Kier alpha value is -1.58. The number of carboxylic acid groups (broad SMARTS) is 1. The minimum absolute atomic E-state index is 0.122. The van der Waals surface area contributed by atoms with Crippen LogP contribution in [0.2, 0.25) is 0 Å². The minimum Gasteiger partial charge on any atom is -0.477 e. The van der Waals surface area contributed by atoms with Crippen LogP contribution in [0.4, 0.5) is 5.82 Å². The van der Waals surface area contributed by atoms with Crippen LogP contribution in [0.3, 0.4) is 0 Å². The fourth-order valence-electron chi connectivity index (χ4n) is 2.47. The molecule has 2 heterocycles. The van der Waals surface area contributed by atoms with E-state index in [-0.39, 0.29) is 5.69 Å². The lowest BCUT2D eigenvalue weighted by molar-refractivity contribution is 0.0690. The summed E-state index contributed by atoms with van der Waals surface area (Å²) >= 11 is 0. The number of aromatic carboxylic acids is 1. The van der Waals surface area contributed by atoms with Crippen LogP contribution in [0.25, 0.3) is 0 Å². The third-order valence-corrected chi connectivity index (χ3v) is 3.32. The molecular formula is C13H18N2O2. The van der Waals surface area contributed by atoms with E-state index >= 15 is 0 Å². The van der Waals surface area contributed by atoms with Gasteiger partial charge in [-0.25, -0.2) is 9.78 Å². The largest absolute Gasteiger partial charge is 0.477 e. The van der Waals surface area contributed by atoms with E-state index in [0.717, 1.165) is 25.2 Å². The molecule has 0 bridgehead atoms. The Bertz CT molecular complexity index is 418. The first-order chi connectivity index (χ1) is 8.09. The van der Waals surface area contributed by atoms with Gasteiger partial charge >= 0.3 is 5.97 Å². The summed E-state index contributed by atoms with van der Waals surface area (Å²) in [6, 6.07) is 5.67. The fraction of sp³-hybridized carbons (Fsp3) is 0.538. The molecule has 0 amide bonds. The maximum absolute atomic E-state index is 10.9. The normalized spacial score (nSPS) is 19.9. The molecule has 1 atom stereocenters. The molecule has 1 aliphatic heterocycles. The van der Waals surface area contributed by atoms with Crippen molar-refractivity contribution in [1.29, 1.82) is 0 Å². The molecule has 1 aromatic rings. The van der Waals surface area contributed by atoms with E-state index in [9.17, 15) is 4.79 Å². The number of pyridine rings is 1. The smallest absolute Gasteiger partial charge is 0.354 e. The van der Waals surface area contributed by atoms with Gasteiger partial charge in [0.15, 0.2) is 5.69 Å². The molecule has 0 radical (unpaired) electrons. The number of anilines is 1. The van der Waals surface area contributed by atoms with Crippen LogP contribution in [-0.4, -0.2) is 28.6 Å². The van der Waals surface area contributed by atoms with Gasteiger partial charge in [-0.3, -0.25) is 0 Å². The van der Waals surface area contributed by atoms with E-state index < -0.39 is 5.97 Å². The van der Waals surface area contributed by atoms with E-state index in [2.05, 4.69) is 23.7 Å². The standard InChI is InChI=1S/C13H18N2O2/c1-9(2)11-6-4-8-15(11)12-7-3-5-10(14-12)13(16)17/h3,5,7,9,11H,4,6,8H2,1-2H3,(H,16,17). The van der Waals surface area contributed by atoms with Crippen LogP contribution in [0.5, 0.6) is 0 Å². The molecule has 92 valence electrons. The van der Waals surface area contributed by atoms with Crippen molar-refractivity contribution in [3.63, 3.8) is 0 Å². The molecule has 1 fully saturated rings. The van der Waals surface area contributed by atoms with Gasteiger partial charge in [-0.1, -0.05) is 19.9 Å². The Kier molecular flexibility index (Phi) is 3.31. The lowest BCUT2D eigenvalue weighted by Crippen LogP contribution is -2.34. The molecular weight excluding hydrogens is 216 g/mol. The Morgan fingerprint density at radius 2 is 2.29 bits per heavy atom. The Morgan fingerprint density at radius 3 is 2.94 bits per heavy atom. The summed E-state index contributed by atoms with van der Waals surface area (Å²) in [5.41, 5.74) is 0.122. The van der Waals surface area contributed by atoms with Crippen LogP contribution in [0.1, 0.15) is 37.2 Å². The second-order valence-corrected chi connectivity index (χ2v) is 4.83. The highest BCUT2D eigenvalue weighted by molar-refractivity contribution is 5.85. The summed E-state index contributed by atoms with van der Waals surface area (Å²) in [4.78, 5) is 17.3. The van der Waals surface area contributed by atoms with Crippen molar-refractivity contribution in [2.24, 2.45) is 5.92 Å². The molecule has 2 rings (SSSR count). The van der Waals surface area contributed by atoms with Crippen molar-refractivity contribution in [2.75, 3.05) is 11.4 Å². The van der Waals surface area contributed by atoms with Crippen LogP contribution in [-0.2, 0) is 0 Å². The molecule has 0 spiro atoms. The SMILES string of the molecule is CC(C)C1CCCN1c1cccc(C(=O)O)n1. The molecule has 0 aliphatic carbocycles. The van der Waals surface area contributed by atoms with Crippen LogP contribution < -0.4 is 4.90 Å². The summed E-state index contributed by atoms with van der Waals surface area (Å²) < 4.78 is 0. The summed E-state index contributed by atoms with van der Waals surface area (Å²) in [6.45, 7) is 5.37. The van der Waals surface area contributed by atoms with Gasteiger partial charge in [0.1, 0.15) is 5.82 Å². The second-order valence-electron chi connectivity index (χ2n) is 4.83. The average Bonchev–Trinajstić information content (AvgIpc) is 2.78. The summed E-state index contributed by atoms with van der Waals surface area (Å²) in [5.74, 6) is 0.390. The fourth-order valence-corrected chi connectivity index (χ4v) is 2.47. The molecule has 4 heteroatoms. The molecule has 4 nitrogen and oxygen atoms in total. The van der Waals surface area contributed by atoms with E-state index in [1.807, 2.05) is 6.07 Å². The zero-order chi connectivity index (χ0) is 12.4. The van der Waals surface area contributed by atoms with Gasteiger partial charge in [-0.2, -0.15) is 0 Å². The first kappa shape index (κ1) is 11.9. The lowest BCUT2D eigenvalue weighted by atomic mass is 10.0. The van der Waals surface area contributed by atoms with E-state index in [1.165, 1.54) is 6.07 Å². The van der Waals surface area contributed by atoms with Gasteiger partial charge in [-0.05, 0) is 30.9 Å². The highest BCUT2D eigenvalue weighted by Gasteiger charge is 2.28. The number of carboxylic acids is 1. The quantitative estimate of drug-likeness (QED) is 0.872. The topological polar surface area (TPSA) is 53.4 Å². The van der Waals surface area contributed by atoms with E-state index in [4.69, 9.17) is 5.11 Å². The first-order valence-corrected chi connectivity index (χ1v) is 6.06. The number of nitrogens with zero attached hydrogens (tertiary/aromatic N) is 2. The van der Waals surface area contributed by atoms with Crippen molar-refractivity contribution in [3.8, 4) is 0 Å². The maximum Gasteiger partial charge on any atom is 0.354 e. The molecule has 1 aliphatic rings. The molecule has 1 N–H and O–H groups in total. The van der Waals surface area contributed by atoms with Gasteiger partial charge in [0.25, 0.3) is 0 Å². The maximum atomic E-state index is 10.9. The predicted octanol–water partition coefficient (Wildman–Crippen LogP) is 2.40. The van der Waals surface area contributed by atoms with Crippen LogP contribution in [0.15, 0.2) is 18.2 Å². The number of carbonyl (C=O) groups is 1. The zero-order valence-corrected chi connectivity index (χ0v) is 10.3. The zero-order valence-electron chi connectivity index (χ0n) is 10.3. The van der Waals surface area contributed by atoms with Crippen molar-refractivity contribution in [1.82, 2.24) is 4.98 Å². The summed E-state index contributed by atoms with van der Waals surface area (Å²) in [6.07, 6.45) is 2.32. The molecule has 1 aromatic heterocycles. The monoisotopic (exact) mass is 234 g/mol. The molecule has 17 heavy (non-hydrogen) atoms. The molecule has 0 saturated carbocycles. The van der Waals surface area contributed by atoms with Crippen molar-refractivity contribution < 1.29 is 9.90 Å². The Balaban J connectivity index is 2.27. The van der Waals surface area contributed by atoms with E-state index in [0.29, 0.717) is 12.0 Å². The molecule has 1 saturated heterocycles. The third kappa shape index (κ3) is 2.40. The predicted molar refractivity (Wildman–Crippen MR) is 66.4 cm³/mol. The van der Waals surface area contributed by atoms with Gasteiger partial charge in [0.2, 0.25) is 0 Å². The number of hydrogen-bond acceptors (Lipinski definition) is 3. The Morgan fingerprint density at radius 1 is 1.53 bits per heavy atom. The summed E-state index contributed by atoms with van der Waals surface area (Å²) in [5, 5.41) is 8.95. The number of hydrogen-bond donors (Lipinski definition) is 1. The third-order valence-electron chi connectivity index (χ3n) is 3.32. The van der Waals surface area contributed by atoms with Gasteiger partial charge in [0.05, 0.1) is 0 Å². The average molecular weight is 234 g/mol. The highest BCUT2D eigenvalue weighted by Crippen LogP contribution is 2.28. The molecule has 0 aromatic carbocycles. The van der Waals surface area contributed by atoms with Crippen LogP contribution >= 0.6 is 0 Å². The van der Waals surface area contributed by atoms with Gasteiger partial charge < -0.3 is 10.0 Å². The van der Waals surface area contributed by atoms with Gasteiger partial charge in [-0.15, -0.1) is 0 Å². The first-order valence-electron chi connectivity index (χ1n) is 6.06. The van der Waals surface area contributed by atoms with Crippen molar-refractivity contribution in [3.05, 3.63) is 23.9 Å². The van der Waals surface area contributed by atoms with E-state index in [1.54, 1.807) is 6.07 Å². The lowest BCUT2D eigenvalue weighted by Gasteiger charge is -2.28. The Labute approximate surface area is 101 Å². The van der Waals surface area contributed by atoms with Gasteiger partial charge in [0, 0.05) is 12.6 Å². The molecule has 1 unspecified atom stereocenters. The highest BCUT2D eigenvalue weighted by atomic mass is 16.4. The minimum atomic E-state index is -0.966. The van der Waals surface area contributed by atoms with Crippen LogP contribution in [0, 0.1) is 5.92 Å². The second kappa shape index (κ2) is 4.73. The van der Waals surface area contributed by atoms with Crippen molar-refractivity contribution in [2.45, 2.75) is 32.7 Å². The number of aromatic nitrogens is 1. The summed E-state index contributed by atoms with van der Waals surface area (Å²) in [7, 11) is 0.